The maximum Gasteiger partial charge on any atom is 0.418 e. The number of alkyl halides is 3. The molecule has 3 fully saturated rings. The fraction of sp³-hybridized carbons (Fsp3) is 0.595. The number of nitrogens with zero attached hydrogens (tertiary/aromatic N) is 4. The molecule has 0 spiro atoms. The molecule has 0 saturated carbocycles. The zero-order chi connectivity index (χ0) is 36.1. The lowest BCUT2D eigenvalue weighted by Crippen LogP contribution is -2.51. The quantitative estimate of drug-likeness (QED) is 0.294. The molecule has 0 aromatic heterocycles. The predicted octanol–water partition coefficient (Wildman–Crippen LogP) is 6.66. The number of carbonyl (C=O) groups excluding carboxylic acids is 3. The van der Waals surface area contributed by atoms with Gasteiger partial charge in [-0.1, -0.05) is 36.2 Å². The summed E-state index contributed by atoms with van der Waals surface area (Å²) >= 11 is 6.12. The lowest BCUT2D eigenvalue weighted by molar-refractivity contribution is -0.142. The van der Waals surface area contributed by atoms with Crippen molar-refractivity contribution in [1.82, 2.24) is 19.6 Å². The number of amides is 4. The molecular weight excluding hydrogens is 685 g/mol. The zero-order valence-corrected chi connectivity index (χ0v) is 29.7. The maximum atomic E-state index is 14.0. The average molecular weight is 733 g/mol. The molecule has 0 unspecified atom stereocenters. The van der Waals surface area contributed by atoms with Gasteiger partial charge in [0.2, 0.25) is 0 Å². The topological polar surface area (TPSA) is 111 Å². The number of nitrogens with two attached hydrogens (primary N) is 1. The van der Waals surface area contributed by atoms with Gasteiger partial charge in [-0.15, -0.1) is 0 Å². The van der Waals surface area contributed by atoms with E-state index in [1.54, 1.807) is 4.90 Å². The lowest BCUT2D eigenvalue weighted by atomic mass is 9.92. The Labute approximate surface area is 302 Å². The van der Waals surface area contributed by atoms with Gasteiger partial charge in [-0.05, 0) is 106 Å². The molecule has 2 aromatic carbocycles. The number of nitrogen functional groups attached to an aromatic ring is 1. The zero-order valence-electron chi connectivity index (χ0n) is 28.9. The minimum atomic E-state index is -4.76. The molecule has 4 amide bonds. The normalized spacial score (nSPS) is 20.4. The lowest BCUT2D eigenvalue weighted by Gasteiger charge is -2.38. The van der Waals surface area contributed by atoms with Crippen LogP contribution >= 0.6 is 11.6 Å². The summed E-state index contributed by atoms with van der Waals surface area (Å²) < 4.78 is 47.3. The van der Waals surface area contributed by atoms with Gasteiger partial charge >= 0.3 is 18.3 Å². The summed E-state index contributed by atoms with van der Waals surface area (Å²) in [5.41, 5.74) is 5.93. The molecule has 4 aliphatic rings. The van der Waals surface area contributed by atoms with Crippen LogP contribution in [0.4, 0.5) is 34.1 Å². The summed E-state index contributed by atoms with van der Waals surface area (Å²) in [4.78, 5) is 48.1. The number of ether oxygens (including phenoxy) is 1. The van der Waals surface area contributed by atoms with E-state index >= 15 is 0 Å². The molecule has 1 atom stereocenters. The van der Waals surface area contributed by atoms with Gasteiger partial charge in [0.05, 0.1) is 16.3 Å². The molecule has 14 heteroatoms. The smallest absolute Gasteiger partial charge is 0.418 e. The maximum absolute atomic E-state index is 14.0. The third-order valence-electron chi connectivity index (χ3n) is 11.0. The fourth-order valence-corrected chi connectivity index (χ4v) is 8.15. The summed E-state index contributed by atoms with van der Waals surface area (Å²) in [5.74, 6) is 0.0407. The summed E-state index contributed by atoms with van der Waals surface area (Å²) in [5, 5.41) is 2.71. The number of piperidine rings is 3. The number of halogens is 4. The van der Waals surface area contributed by atoms with Crippen molar-refractivity contribution in [1.29, 1.82) is 0 Å². The van der Waals surface area contributed by atoms with Crippen LogP contribution in [0.3, 0.4) is 0 Å². The Morgan fingerprint density at radius 2 is 1.63 bits per heavy atom. The van der Waals surface area contributed by atoms with Gasteiger partial charge in [-0.3, -0.25) is 4.79 Å². The van der Waals surface area contributed by atoms with Gasteiger partial charge < -0.3 is 35.4 Å². The highest BCUT2D eigenvalue weighted by atomic mass is 35.5. The number of para-hydroxylation sites is 1. The third kappa shape index (κ3) is 9.21. The minimum absolute atomic E-state index is 0.0882. The first-order valence-corrected chi connectivity index (χ1v) is 18.6. The molecule has 0 bridgehead atoms. The summed E-state index contributed by atoms with van der Waals surface area (Å²) in [6.07, 6.45) is 1.09. The first kappa shape index (κ1) is 37.1. The number of fused-ring (bicyclic) bond motifs is 1. The largest absolute Gasteiger partial charge is 0.436 e. The first-order chi connectivity index (χ1) is 24.5. The fourth-order valence-electron chi connectivity index (χ4n) is 7.91. The number of hydrogen-bond donors (Lipinski definition) is 2. The van der Waals surface area contributed by atoms with Crippen molar-refractivity contribution in [2.45, 2.75) is 82.5 Å². The molecule has 0 aliphatic carbocycles. The van der Waals surface area contributed by atoms with E-state index in [2.05, 4.69) is 10.2 Å². The van der Waals surface area contributed by atoms with Crippen LogP contribution in [0.2, 0.25) is 5.02 Å². The number of rotatable bonds is 8. The van der Waals surface area contributed by atoms with Crippen LogP contribution in [0.1, 0.15) is 68.1 Å². The highest BCUT2D eigenvalue weighted by Crippen LogP contribution is 2.38. The second kappa shape index (κ2) is 16.3. The number of hydrogen-bond acceptors (Lipinski definition) is 6. The highest BCUT2D eigenvalue weighted by molar-refractivity contribution is 6.33. The highest BCUT2D eigenvalue weighted by Gasteiger charge is 2.38. The first-order valence-electron chi connectivity index (χ1n) is 18.2. The Balaban J connectivity index is 1.10. The van der Waals surface area contributed by atoms with Gasteiger partial charge in [-0.25, -0.2) is 9.59 Å². The molecular formula is C37H48ClF3N6O4. The number of nitrogens with one attached hydrogen (secondary N) is 1. The van der Waals surface area contributed by atoms with E-state index in [0.717, 1.165) is 56.2 Å². The van der Waals surface area contributed by atoms with E-state index in [0.29, 0.717) is 57.9 Å². The Bertz CT molecular complexity index is 1560. The summed E-state index contributed by atoms with van der Waals surface area (Å²) in [6.45, 7) is 5.44. The van der Waals surface area contributed by atoms with E-state index < -0.39 is 35.5 Å². The Morgan fingerprint density at radius 1 is 0.941 bits per heavy atom. The molecule has 4 heterocycles. The average Bonchev–Trinajstić information content (AvgIpc) is 3.29. The molecule has 6 rings (SSSR count). The second-order valence-corrected chi connectivity index (χ2v) is 14.7. The van der Waals surface area contributed by atoms with Crippen molar-refractivity contribution in [2.24, 2.45) is 5.92 Å². The van der Waals surface area contributed by atoms with Gasteiger partial charge in [0.1, 0.15) is 0 Å². The van der Waals surface area contributed by atoms with Crippen molar-refractivity contribution in [2.75, 3.05) is 63.4 Å². The van der Waals surface area contributed by atoms with Crippen LogP contribution < -0.4 is 11.1 Å². The van der Waals surface area contributed by atoms with Crippen molar-refractivity contribution < 1.29 is 32.3 Å². The van der Waals surface area contributed by atoms with Gasteiger partial charge in [0, 0.05) is 50.9 Å². The number of carbonyl (C=O) groups is 3. The van der Waals surface area contributed by atoms with Gasteiger partial charge in [-0.2, -0.15) is 13.2 Å². The van der Waals surface area contributed by atoms with E-state index in [1.807, 2.05) is 29.2 Å². The molecule has 3 N–H and O–H groups in total. The SMILES string of the molecule is Nc1c(Cl)cc(C[C@@H](OC(=O)N2CCC(N3CCc4ccccc4NC3=O)CC2)C(=O)N2CCC(CCN3CCCCC3)CC2)cc1C(F)(F)F. The van der Waals surface area contributed by atoms with Crippen LogP contribution in [-0.2, 0) is 28.5 Å². The van der Waals surface area contributed by atoms with Crippen molar-refractivity contribution in [3.8, 4) is 0 Å². The second-order valence-electron chi connectivity index (χ2n) is 14.3. The molecule has 3 saturated heterocycles. The van der Waals surface area contributed by atoms with Crippen molar-refractivity contribution >= 4 is 41.0 Å². The van der Waals surface area contributed by atoms with E-state index in [9.17, 15) is 27.6 Å². The van der Waals surface area contributed by atoms with E-state index in [1.165, 1.54) is 30.2 Å². The molecule has 2 aromatic rings. The number of urea groups is 1. The van der Waals surface area contributed by atoms with Crippen LogP contribution in [0, 0.1) is 5.92 Å². The molecule has 0 radical (unpaired) electrons. The Kier molecular flexibility index (Phi) is 11.9. The van der Waals surface area contributed by atoms with E-state index in [4.69, 9.17) is 22.1 Å². The minimum Gasteiger partial charge on any atom is -0.436 e. The van der Waals surface area contributed by atoms with Gasteiger partial charge in [0.25, 0.3) is 5.91 Å². The Morgan fingerprint density at radius 3 is 2.33 bits per heavy atom. The van der Waals surface area contributed by atoms with Crippen LogP contribution in [0.15, 0.2) is 36.4 Å². The molecule has 4 aliphatic heterocycles. The Hall–Kier alpha value is -3.71. The molecule has 278 valence electrons. The van der Waals surface area contributed by atoms with Crippen molar-refractivity contribution in [3.63, 3.8) is 0 Å². The molecule has 51 heavy (non-hydrogen) atoms. The van der Waals surface area contributed by atoms with Crippen LogP contribution in [0.25, 0.3) is 0 Å². The third-order valence-corrected chi connectivity index (χ3v) is 11.3. The number of likely N-dealkylation sites (tertiary alicyclic amines) is 3. The van der Waals surface area contributed by atoms with Crippen molar-refractivity contribution in [3.05, 3.63) is 58.1 Å². The van der Waals surface area contributed by atoms with Crippen LogP contribution in [-0.4, -0.2) is 102 Å². The van der Waals surface area contributed by atoms with E-state index in [-0.39, 0.29) is 29.1 Å². The monoisotopic (exact) mass is 732 g/mol. The number of benzene rings is 2. The molecule has 10 nitrogen and oxygen atoms in total. The number of anilines is 2. The summed E-state index contributed by atoms with van der Waals surface area (Å²) in [6, 6.07) is 9.61. The van der Waals surface area contributed by atoms with Gasteiger partial charge in [0.15, 0.2) is 6.10 Å². The van der Waals surface area contributed by atoms with Crippen LogP contribution in [0.5, 0.6) is 0 Å². The predicted molar refractivity (Wildman–Crippen MR) is 190 cm³/mol. The summed E-state index contributed by atoms with van der Waals surface area (Å²) in [7, 11) is 0. The standard InChI is InChI=1S/C37H48ClF3N6O4/c38-30-23-26(22-29(33(30)42)37(39,40)41)24-32(34(48)45-17-9-25(10-18-45)8-16-44-14-4-1-5-15-44)51-36(50)46-19-12-28(13-20-46)47-21-11-27-6-2-3-7-31(27)43-35(47)49/h2-3,6-7,22-23,25,28,32H,1,4-5,8-21,24,42H2,(H,43,49)/t32-/m1/s1.